The molecule has 0 amide bonds. The van der Waals surface area contributed by atoms with Gasteiger partial charge >= 0.3 is 5.97 Å². The molecule has 0 unspecified atom stereocenters. The van der Waals surface area contributed by atoms with Crippen molar-refractivity contribution in [1.82, 2.24) is 4.98 Å². The second-order valence-corrected chi connectivity index (χ2v) is 3.59. The van der Waals surface area contributed by atoms with Crippen molar-refractivity contribution >= 4 is 23.2 Å². The van der Waals surface area contributed by atoms with E-state index >= 15 is 0 Å². The fourth-order valence-electron chi connectivity index (χ4n) is 1.64. The molecule has 0 saturated carbocycles. The number of rotatable bonds is 2. The number of H-pyrrole nitrogens is 1. The fraction of sp³-hybridized carbons (Fsp3) is 0.143. The lowest BCUT2D eigenvalue weighted by Gasteiger charge is -1.96. The van der Waals surface area contributed by atoms with Crippen LogP contribution in [0.3, 0.4) is 0 Å². The highest BCUT2D eigenvalue weighted by Crippen LogP contribution is 2.17. The largest absolute Gasteiger partial charge is 0.461 e. The lowest BCUT2D eigenvalue weighted by molar-refractivity contribution is -0.103. The van der Waals surface area contributed by atoms with Crippen LogP contribution in [0.25, 0.3) is 10.9 Å². The van der Waals surface area contributed by atoms with Crippen molar-refractivity contribution < 1.29 is 14.3 Å². The molecule has 0 atom stereocenters. The molecule has 0 spiro atoms. The first-order valence-corrected chi connectivity index (χ1v) is 5.49. The van der Waals surface area contributed by atoms with Crippen molar-refractivity contribution in [2.45, 2.75) is 6.92 Å². The molecule has 2 rings (SSSR count). The number of fused-ring (bicyclic) bond motifs is 1. The Bertz CT molecular complexity index is 658. The average molecular weight is 241 g/mol. The first-order chi connectivity index (χ1) is 8.74. The summed E-state index contributed by atoms with van der Waals surface area (Å²) in [6.45, 7) is 2.10. The number of aromatic nitrogens is 1. The minimum absolute atomic E-state index is 0.338. The minimum atomic E-state index is -0.380. The van der Waals surface area contributed by atoms with Crippen LogP contribution < -0.4 is 0 Å². The van der Waals surface area contributed by atoms with Crippen molar-refractivity contribution in [3.63, 3.8) is 0 Å². The summed E-state index contributed by atoms with van der Waals surface area (Å²) < 4.78 is 4.91. The van der Waals surface area contributed by atoms with Gasteiger partial charge in [-0.2, -0.15) is 0 Å². The highest BCUT2D eigenvalue weighted by atomic mass is 16.5. The van der Waals surface area contributed by atoms with E-state index in [0.717, 1.165) is 10.9 Å². The zero-order valence-electron chi connectivity index (χ0n) is 9.82. The Morgan fingerprint density at radius 2 is 2.28 bits per heavy atom. The molecule has 2 aromatic rings. The van der Waals surface area contributed by atoms with Gasteiger partial charge in [0.15, 0.2) is 6.29 Å². The van der Waals surface area contributed by atoms with Gasteiger partial charge in [-0.15, -0.1) is 0 Å². The molecule has 18 heavy (non-hydrogen) atoms. The van der Waals surface area contributed by atoms with Crippen molar-refractivity contribution in [1.29, 1.82) is 0 Å². The average Bonchev–Trinajstić information content (AvgIpc) is 2.79. The third-order valence-corrected chi connectivity index (χ3v) is 2.39. The molecule has 0 aliphatic rings. The molecule has 0 aliphatic carbocycles. The normalized spacial score (nSPS) is 9.61. The lowest BCUT2D eigenvalue weighted by atomic mass is 10.2. The van der Waals surface area contributed by atoms with Gasteiger partial charge in [-0.25, -0.2) is 4.79 Å². The number of ether oxygens (including phenoxy) is 1. The SMILES string of the molecule is CCOC(=O)c1cc2ccc(C#CC=O)cc2[nH]1. The molecule has 0 fully saturated rings. The second kappa shape index (κ2) is 5.19. The number of hydrogen-bond acceptors (Lipinski definition) is 3. The van der Waals surface area contributed by atoms with E-state index in [-0.39, 0.29) is 5.97 Å². The number of nitrogens with one attached hydrogen (secondary N) is 1. The van der Waals surface area contributed by atoms with Gasteiger partial charge in [0, 0.05) is 16.5 Å². The molecule has 0 bridgehead atoms. The third kappa shape index (κ3) is 2.41. The van der Waals surface area contributed by atoms with E-state index < -0.39 is 0 Å². The Balaban J connectivity index is 2.39. The molecule has 1 aromatic heterocycles. The van der Waals surface area contributed by atoms with E-state index in [2.05, 4.69) is 16.8 Å². The van der Waals surface area contributed by atoms with Crippen LogP contribution in [0.1, 0.15) is 23.0 Å². The van der Waals surface area contributed by atoms with E-state index in [1.807, 2.05) is 6.07 Å². The van der Waals surface area contributed by atoms with Gasteiger partial charge in [-0.3, -0.25) is 4.79 Å². The van der Waals surface area contributed by atoms with E-state index in [1.54, 1.807) is 25.1 Å². The van der Waals surface area contributed by atoms with E-state index in [0.29, 0.717) is 24.2 Å². The van der Waals surface area contributed by atoms with Crippen LogP contribution in [-0.2, 0) is 9.53 Å². The monoisotopic (exact) mass is 241 g/mol. The summed E-state index contributed by atoms with van der Waals surface area (Å²) in [6.07, 6.45) is 0.545. The number of aromatic amines is 1. The molecular weight excluding hydrogens is 230 g/mol. The molecule has 4 nitrogen and oxygen atoms in total. The summed E-state index contributed by atoms with van der Waals surface area (Å²) in [5, 5.41) is 0.898. The van der Waals surface area contributed by atoms with Gasteiger partial charge in [0.05, 0.1) is 6.61 Å². The molecular formula is C14H11NO3. The van der Waals surface area contributed by atoms with Gasteiger partial charge in [-0.1, -0.05) is 12.0 Å². The Labute approximate surface area is 104 Å². The van der Waals surface area contributed by atoms with Gasteiger partial charge in [0.1, 0.15) is 5.69 Å². The minimum Gasteiger partial charge on any atom is -0.461 e. The van der Waals surface area contributed by atoms with E-state index in [4.69, 9.17) is 4.74 Å². The highest BCUT2D eigenvalue weighted by Gasteiger charge is 2.09. The number of esters is 1. The van der Waals surface area contributed by atoms with Crippen LogP contribution >= 0.6 is 0 Å². The quantitative estimate of drug-likeness (QED) is 0.496. The molecule has 4 heteroatoms. The predicted octanol–water partition coefficient (Wildman–Crippen LogP) is 1.90. The molecule has 1 N–H and O–H groups in total. The Kier molecular flexibility index (Phi) is 3.44. The van der Waals surface area contributed by atoms with Crippen LogP contribution in [-0.4, -0.2) is 23.8 Å². The maximum absolute atomic E-state index is 11.5. The number of carbonyl (C=O) groups excluding carboxylic acids is 2. The number of hydrogen-bond donors (Lipinski definition) is 1. The van der Waals surface area contributed by atoms with Crippen molar-refractivity contribution in [3.8, 4) is 11.8 Å². The van der Waals surface area contributed by atoms with Gasteiger partial charge in [0.25, 0.3) is 0 Å². The number of carbonyl (C=O) groups is 2. The fourth-order valence-corrected chi connectivity index (χ4v) is 1.64. The Morgan fingerprint density at radius 3 is 3.00 bits per heavy atom. The van der Waals surface area contributed by atoms with Gasteiger partial charge in [-0.05, 0) is 31.0 Å². The molecule has 0 aliphatic heterocycles. The Hall–Kier alpha value is -2.54. The second-order valence-electron chi connectivity index (χ2n) is 3.59. The molecule has 1 aromatic carbocycles. The van der Waals surface area contributed by atoms with Crippen LogP contribution in [0, 0.1) is 11.8 Å². The van der Waals surface area contributed by atoms with Crippen LogP contribution in [0.5, 0.6) is 0 Å². The highest BCUT2D eigenvalue weighted by molar-refractivity contribution is 5.95. The van der Waals surface area contributed by atoms with Crippen molar-refractivity contribution in [3.05, 3.63) is 35.5 Å². The smallest absolute Gasteiger partial charge is 0.354 e. The molecule has 1 heterocycles. The molecule has 90 valence electrons. The summed E-state index contributed by atoms with van der Waals surface area (Å²) in [5.74, 6) is 4.66. The zero-order valence-corrected chi connectivity index (χ0v) is 9.82. The first kappa shape index (κ1) is 11.9. The summed E-state index contributed by atoms with van der Waals surface area (Å²) >= 11 is 0. The van der Waals surface area contributed by atoms with Crippen molar-refractivity contribution in [2.24, 2.45) is 0 Å². The van der Waals surface area contributed by atoms with Gasteiger partial charge in [0.2, 0.25) is 0 Å². The van der Waals surface area contributed by atoms with Crippen LogP contribution in [0.15, 0.2) is 24.3 Å². The van der Waals surface area contributed by atoms with Gasteiger partial charge < -0.3 is 9.72 Å². The summed E-state index contributed by atoms with van der Waals surface area (Å²) in [6, 6.07) is 7.14. The van der Waals surface area contributed by atoms with Crippen LogP contribution in [0.2, 0.25) is 0 Å². The summed E-state index contributed by atoms with van der Waals surface area (Å²) in [4.78, 5) is 24.7. The van der Waals surface area contributed by atoms with Crippen LogP contribution in [0.4, 0.5) is 0 Å². The third-order valence-electron chi connectivity index (χ3n) is 2.39. The molecule has 0 radical (unpaired) electrons. The first-order valence-electron chi connectivity index (χ1n) is 5.49. The van der Waals surface area contributed by atoms with Crippen molar-refractivity contribution in [2.75, 3.05) is 6.61 Å². The predicted molar refractivity (Wildman–Crippen MR) is 67.2 cm³/mol. The van der Waals surface area contributed by atoms with E-state index in [9.17, 15) is 9.59 Å². The number of benzene rings is 1. The summed E-state index contributed by atoms with van der Waals surface area (Å²) in [7, 11) is 0. The topological polar surface area (TPSA) is 59.2 Å². The van der Waals surface area contributed by atoms with E-state index in [1.165, 1.54) is 0 Å². The number of aldehydes is 1. The lowest BCUT2D eigenvalue weighted by Crippen LogP contribution is -2.04. The summed E-state index contributed by atoms with van der Waals surface area (Å²) in [5.41, 5.74) is 1.91. The standard InChI is InChI=1S/C14H11NO3/c1-2-18-14(17)13-9-11-6-5-10(4-3-7-16)8-12(11)15-13/h5-9,15H,2H2,1H3. The maximum Gasteiger partial charge on any atom is 0.354 e. The zero-order chi connectivity index (χ0) is 13.0. The molecule has 0 saturated heterocycles. The Morgan fingerprint density at radius 1 is 1.44 bits per heavy atom. The maximum atomic E-state index is 11.5.